The Bertz CT molecular complexity index is 359. The number of hydrogen-bond donors (Lipinski definition) is 1. The molecule has 0 unspecified atom stereocenters. The van der Waals surface area contributed by atoms with Crippen molar-refractivity contribution >= 4 is 11.8 Å². The van der Waals surface area contributed by atoms with E-state index in [1.165, 1.54) is 17.3 Å². The fraction of sp³-hybridized carbons (Fsp3) is 0.417. The van der Waals surface area contributed by atoms with Gasteiger partial charge in [-0.2, -0.15) is 5.26 Å². The summed E-state index contributed by atoms with van der Waals surface area (Å²) in [4.78, 5) is 0. The number of aryl methyl sites for hydroxylation is 2. The van der Waals surface area contributed by atoms with Crippen molar-refractivity contribution in [3.05, 3.63) is 28.8 Å². The van der Waals surface area contributed by atoms with Crippen molar-refractivity contribution < 1.29 is 5.11 Å². The number of nitrogens with zero attached hydrogens (tertiary/aromatic N) is 1. The molecule has 0 aliphatic heterocycles. The molecule has 0 fully saturated rings. The van der Waals surface area contributed by atoms with Crippen LogP contribution in [0.1, 0.15) is 23.1 Å². The van der Waals surface area contributed by atoms with E-state index >= 15 is 0 Å². The molecular weight excluding hydrogens is 206 g/mol. The average Bonchev–Trinajstić information content (AvgIpc) is 2.15. The SMILES string of the molecule is Cc1cc(O)cc(C)c1CCCSC#N. The average molecular weight is 221 g/mol. The molecule has 0 saturated carbocycles. The second-order valence-electron chi connectivity index (χ2n) is 3.60. The van der Waals surface area contributed by atoms with E-state index in [0.717, 1.165) is 29.7 Å². The lowest BCUT2D eigenvalue weighted by molar-refractivity contribution is 0.474. The van der Waals surface area contributed by atoms with Crippen molar-refractivity contribution in [2.45, 2.75) is 26.7 Å². The Hall–Kier alpha value is -1.14. The summed E-state index contributed by atoms with van der Waals surface area (Å²) in [6.45, 7) is 4.03. The second kappa shape index (κ2) is 5.67. The molecule has 0 aliphatic rings. The Balaban J connectivity index is 2.65. The van der Waals surface area contributed by atoms with Gasteiger partial charge < -0.3 is 5.11 Å². The summed E-state index contributed by atoms with van der Waals surface area (Å²) >= 11 is 1.30. The molecule has 1 N–H and O–H groups in total. The quantitative estimate of drug-likeness (QED) is 0.627. The van der Waals surface area contributed by atoms with Crippen LogP contribution in [0, 0.1) is 24.5 Å². The van der Waals surface area contributed by atoms with Crippen LogP contribution in [-0.4, -0.2) is 10.9 Å². The maximum absolute atomic E-state index is 9.38. The first kappa shape index (κ1) is 11.9. The molecule has 0 aromatic heterocycles. The lowest BCUT2D eigenvalue weighted by atomic mass is 9.98. The van der Waals surface area contributed by atoms with Crippen molar-refractivity contribution in [1.82, 2.24) is 0 Å². The van der Waals surface area contributed by atoms with Gasteiger partial charge in [0, 0.05) is 5.75 Å². The van der Waals surface area contributed by atoms with E-state index in [2.05, 4.69) is 5.40 Å². The summed E-state index contributed by atoms with van der Waals surface area (Å²) in [6, 6.07) is 3.58. The smallest absolute Gasteiger partial charge is 0.133 e. The maximum atomic E-state index is 9.38. The van der Waals surface area contributed by atoms with Gasteiger partial charge in [0.15, 0.2) is 0 Å². The highest BCUT2D eigenvalue weighted by atomic mass is 32.2. The normalized spacial score (nSPS) is 9.93. The molecule has 0 radical (unpaired) electrons. The third kappa shape index (κ3) is 3.49. The van der Waals surface area contributed by atoms with Gasteiger partial charge in [0.05, 0.1) is 0 Å². The van der Waals surface area contributed by atoms with Gasteiger partial charge in [-0.05, 0) is 67.3 Å². The molecule has 0 amide bonds. The lowest BCUT2D eigenvalue weighted by Crippen LogP contribution is -1.95. The van der Waals surface area contributed by atoms with Gasteiger partial charge in [-0.1, -0.05) is 0 Å². The van der Waals surface area contributed by atoms with E-state index in [1.807, 2.05) is 13.8 Å². The lowest BCUT2D eigenvalue weighted by Gasteiger charge is -2.09. The summed E-state index contributed by atoms with van der Waals surface area (Å²) in [7, 11) is 0. The number of aromatic hydroxyl groups is 1. The van der Waals surface area contributed by atoms with Gasteiger partial charge in [0.25, 0.3) is 0 Å². The number of phenols is 1. The molecular formula is C12H15NOS. The van der Waals surface area contributed by atoms with Gasteiger partial charge in [0.1, 0.15) is 11.2 Å². The number of hydrogen-bond acceptors (Lipinski definition) is 3. The first-order valence-electron chi connectivity index (χ1n) is 4.95. The van der Waals surface area contributed by atoms with Crippen molar-refractivity contribution in [1.29, 1.82) is 5.26 Å². The van der Waals surface area contributed by atoms with Crippen LogP contribution in [0.3, 0.4) is 0 Å². The number of benzene rings is 1. The zero-order valence-corrected chi connectivity index (χ0v) is 9.90. The van der Waals surface area contributed by atoms with E-state index in [-0.39, 0.29) is 0 Å². The highest BCUT2D eigenvalue weighted by molar-refractivity contribution is 8.03. The van der Waals surface area contributed by atoms with Gasteiger partial charge in [-0.15, -0.1) is 0 Å². The zero-order chi connectivity index (χ0) is 11.3. The van der Waals surface area contributed by atoms with Crippen LogP contribution in [-0.2, 0) is 6.42 Å². The predicted molar refractivity (Wildman–Crippen MR) is 64.0 cm³/mol. The summed E-state index contributed by atoms with van der Waals surface area (Å²) < 4.78 is 0. The molecule has 0 atom stereocenters. The fourth-order valence-corrected chi connectivity index (χ4v) is 2.11. The minimum Gasteiger partial charge on any atom is -0.508 e. The first-order valence-corrected chi connectivity index (χ1v) is 5.93. The third-order valence-electron chi connectivity index (χ3n) is 2.42. The molecule has 15 heavy (non-hydrogen) atoms. The molecule has 0 saturated heterocycles. The fourth-order valence-electron chi connectivity index (χ4n) is 1.73. The summed E-state index contributed by atoms with van der Waals surface area (Å²) in [6.07, 6.45) is 1.98. The van der Waals surface area contributed by atoms with Crippen LogP contribution < -0.4 is 0 Å². The third-order valence-corrected chi connectivity index (χ3v) is 3.04. The molecule has 0 spiro atoms. The summed E-state index contributed by atoms with van der Waals surface area (Å²) in [5.41, 5.74) is 3.57. The largest absolute Gasteiger partial charge is 0.508 e. The van der Waals surface area contributed by atoms with Crippen LogP contribution in [0.15, 0.2) is 12.1 Å². The molecule has 80 valence electrons. The molecule has 0 aliphatic carbocycles. The van der Waals surface area contributed by atoms with Crippen LogP contribution in [0.4, 0.5) is 0 Å². The van der Waals surface area contributed by atoms with Crippen molar-refractivity contribution in [2.24, 2.45) is 0 Å². The second-order valence-corrected chi connectivity index (χ2v) is 4.48. The van der Waals surface area contributed by atoms with Gasteiger partial charge in [0.2, 0.25) is 0 Å². The Morgan fingerprint density at radius 1 is 1.33 bits per heavy atom. The van der Waals surface area contributed by atoms with Gasteiger partial charge in [-0.3, -0.25) is 0 Å². The number of thiocyanates is 1. The molecule has 0 heterocycles. The molecule has 1 aromatic rings. The van der Waals surface area contributed by atoms with E-state index in [9.17, 15) is 5.11 Å². The highest BCUT2D eigenvalue weighted by Crippen LogP contribution is 2.22. The molecule has 1 aromatic carbocycles. The molecule has 2 nitrogen and oxygen atoms in total. The Labute approximate surface area is 94.9 Å². The van der Waals surface area contributed by atoms with E-state index in [0.29, 0.717) is 5.75 Å². The van der Waals surface area contributed by atoms with Crippen LogP contribution in [0.5, 0.6) is 5.75 Å². The van der Waals surface area contributed by atoms with E-state index < -0.39 is 0 Å². The summed E-state index contributed by atoms with van der Waals surface area (Å²) in [5, 5.41) is 19.8. The molecule has 0 bridgehead atoms. The van der Waals surface area contributed by atoms with Crippen molar-refractivity contribution in [3.63, 3.8) is 0 Å². The Morgan fingerprint density at radius 2 is 1.93 bits per heavy atom. The first-order chi connectivity index (χ1) is 7.15. The topological polar surface area (TPSA) is 44.0 Å². The van der Waals surface area contributed by atoms with Gasteiger partial charge in [-0.25, -0.2) is 0 Å². The minimum atomic E-state index is 0.333. The highest BCUT2D eigenvalue weighted by Gasteiger charge is 2.04. The van der Waals surface area contributed by atoms with Gasteiger partial charge >= 0.3 is 0 Å². The maximum Gasteiger partial charge on any atom is 0.133 e. The number of thioether (sulfide) groups is 1. The number of rotatable bonds is 4. The van der Waals surface area contributed by atoms with Crippen molar-refractivity contribution in [2.75, 3.05) is 5.75 Å². The van der Waals surface area contributed by atoms with Crippen LogP contribution >= 0.6 is 11.8 Å². The summed E-state index contributed by atoms with van der Waals surface area (Å²) in [5.74, 6) is 1.20. The van der Waals surface area contributed by atoms with E-state index in [1.54, 1.807) is 12.1 Å². The minimum absolute atomic E-state index is 0.333. The zero-order valence-electron chi connectivity index (χ0n) is 9.08. The monoisotopic (exact) mass is 221 g/mol. The standard InChI is InChI=1S/C12H15NOS/c1-9-6-11(14)7-10(2)12(9)4-3-5-15-8-13/h6-7,14H,3-5H2,1-2H3. The Kier molecular flexibility index (Phi) is 4.51. The molecule has 3 heteroatoms. The number of nitriles is 1. The van der Waals surface area contributed by atoms with Crippen LogP contribution in [0.2, 0.25) is 0 Å². The number of phenolic OH excluding ortho intramolecular Hbond substituents is 1. The molecule has 1 rings (SSSR count). The Morgan fingerprint density at radius 3 is 2.47 bits per heavy atom. The predicted octanol–water partition coefficient (Wildman–Crippen LogP) is 3.16. The van der Waals surface area contributed by atoms with E-state index in [4.69, 9.17) is 5.26 Å². The van der Waals surface area contributed by atoms with Crippen molar-refractivity contribution in [3.8, 4) is 11.2 Å². The van der Waals surface area contributed by atoms with Crippen LogP contribution in [0.25, 0.3) is 0 Å².